The summed E-state index contributed by atoms with van der Waals surface area (Å²) in [6.45, 7) is 2.22. The molecule has 3 heteroatoms. The zero-order valence-electron chi connectivity index (χ0n) is 7.02. The minimum atomic E-state index is 0.746. The minimum absolute atomic E-state index is 0.746. The third-order valence-corrected chi connectivity index (χ3v) is 4.00. The fourth-order valence-corrected chi connectivity index (χ4v) is 2.70. The summed E-state index contributed by atoms with van der Waals surface area (Å²) in [6, 6.07) is 2.07. The Bertz CT molecular complexity index is 230. The molecule has 0 saturated heterocycles. The number of rotatable bonds is 4. The van der Waals surface area contributed by atoms with Gasteiger partial charge < -0.3 is 0 Å². The molecule has 1 atom stereocenters. The highest BCUT2D eigenvalue weighted by molar-refractivity contribution is 9.09. The number of hydrogen-bond donors (Lipinski definition) is 0. The van der Waals surface area contributed by atoms with E-state index in [-0.39, 0.29) is 0 Å². The first kappa shape index (κ1) is 10.6. The second kappa shape index (κ2) is 5.25. The summed E-state index contributed by atoms with van der Waals surface area (Å²) in [5.74, 6) is 0.746. The zero-order valence-corrected chi connectivity index (χ0v) is 10.2. The van der Waals surface area contributed by atoms with Crippen molar-refractivity contribution in [3.63, 3.8) is 0 Å². The summed E-state index contributed by atoms with van der Waals surface area (Å²) < 4.78 is 0.898. The first-order valence-electron chi connectivity index (χ1n) is 4.05. The van der Waals surface area contributed by atoms with Crippen molar-refractivity contribution >= 4 is 38.9 Å². The van der Waals surface area contributed by atoms with Gasteiger partial charge in [-0.05, 0) is 29.3 Å². The van der Waals surface area contributed by atoms with Crippen LogP contribution in [0.15, 0.2) is 11.4 Å². The largest absolute Gasteiger partial charge is 0.132 e. The molecule has 1 unspecified atom stereocenters. The maximum atomic E-state index is 5.84. The lowest BCUT2D eigenvalue weighted by atomic mass is 10.0. The molecule has 0 aliphatic rings. The van der Waals surface area contributed by atoms with Crippen LogP contribution in [0.2, 0.25) is 4.34 Å². The van der Waals surface area contributed by atoms with Crippen LogP contribution in [-0.4, -0.2) is 5.33 Å². The average molecular weight is 268 g/mol. The summed E-state index contributed by atoms with van der Waals surface area (Å²) >= 11 is 11.0. The molecule has 0 nitrogen and oxygen atoms in total. The van der Waals surface area contributed by atoms with E-state index in [1.165, 1.54) is 12.0 Å². The maximum absolute atomic E-state index is 5.84. The molecule has 1 heterocycles. The minimum Gasteiger partial charge on any atom is -0.132 e. The quantitative estimate of drug-likeness (QED) is 0.711. The van der Waals surface area contributed by atoms with Gasteiger partial charge >= 0.3 is 0 Å². The Hall–Kier alpha value is 0.470. The smallest absolute Gasteiger partial charge is 0.0931 e. The fourth-order valence-electron chi connectivity index (χ4n) is 1.09. The number of thiophene rings is 1. The van der Waals surface area contributed by atoms with Gasteiger partial charge in [0.1, 0.15) is 0 Å². The topological polar surface area (TPSA) is 0 Å². The van der Waals surface area contributed by atoms with Crippen LogP contribution in [0.1, 0.15) is 18.9 Å². The van der Waals surface area contributed by atoms with E-state index in [2.05, 4.69) is 34.3 Å². The lowest BCUT2D eigenvalue weighted by Crippen LogP contribution is -2.03. The molecule has 0 aliphatic heterocycles. The van der Waals surface area contributed by atoms with Crippen molar-refractivity contribution in [3.05, 3.63) is 21.3 Å². The molecule has 0 spiro atoms. The standard InChI is InChI=1S/C9H12BrClS/c1-2-7(5-10)3-8-4-9(11)12-6-8/h4,6-7H,2-3,5H2,1H3. The van der Waals surface area contributed by atoms with Crippen molar-refractivity contribution in [1.29, 1.82) is 0 Å². The number of alkyl halides is 1. The van der Waals surface area contributed by atoms with Gasteiger partial charge in [-0.3, -0.25) is 0 Å². The molecule has 0 saturated carbocycles. The average Bonchev–Trinajstić information content (AvgIpc) is 2.47. The highest BCUT2D eigenvalue weighted by Gasteiger charge is 2.06. The summed E-state index contributed by atoms with van der Waals surface area (Å²) in [5, 5.41) is 3.23. The summed E-state index contributed by atoms with van der Waals surface area (Å²) in [4.78, 5) is 0. The molecule has 1 rings (SSSR count). The first-order chi connectivity index (χ1) is 5.76. The summed E-state index contributed by atoms with van der Waals surface area (Å²) in [6.07, 6.45) is 2.36. The van der Waals surface area contributed by atoms with Gasteiger partial charge in [-0.1, -0.05) is 40.9 Å². The van der Waals surface area contributed by atoms with Gasteiger partial charge in [0, 0.05) is 5.33 Å². The molecule has 0 amide bonds. The van der Waals surface area contributed by atoms with Gasteiger partial charge in [0.2, 0.25) is 0 Å². The monoisotopic (exact) mass is 266 g/mol. The van der Waals surface area contributed by atoms with E-state index in [1.807, 2.05) is 0 Å². The third kappa shape index (κ3) is 3.08. The number of halogens is 2. The predicted molar refractivity (Wildman–Crippen MR) is 60.6 cm³/mol. The highest BCUT2D eigenvalue weighted by atomic mass is 79.9. The highest BCUT2D eigenvalue weighted by Crippen LogP contribution is 2.23. The van der Waals surface area contributed by atoms with Gasteiger partial charge in [0.25, 0.3) is 0 Å². The molecular formula is C9H12BrClS. The Balaban J connectivity index is 2.50. The van der Waals surface area contributed by atoms with Crippen LogP contribution in [0.4, 0.5) is 0 Å². The van der Waals surface area contributed by atoms with Crippen LogP contribution in [0, 0.1) is 5.92 Å². The van der Waals surface area contributed by atoms with Crippen LogP contribution >= 0.6 is 38.9 Å². The summed E-state index contributed by atoms with van der Waals surface area (Å²) in [7, 11) is 0. The lowest BCUT2D eigenvalue weighted by Gasteiger charge is -2.08. The summed E-state index contributed by atoms with van der Waals surface area (Å²) in [5.41, 5.74) is 1.37. The Morgan fingerprint density at radius 3 is 2.83 bits per heavy atom. The van der Waals surface area contributed by atoms with E-state index in [0.717, 1.165) is 22.0 Å². The lowest BCUT2D eigenvalue weighted by molar-refractivity contribution is 0.574. The molecule has 0 fully saturated rings. The van der Waals surface area contributed by atoms with Crippen LogP contribution in [0.25, 0.3) is 0 Å². The third-order valence-electron chi connectivity index (χ3n) is 1.94. The van der Waals surface area contributed by atoms with E-state index in [4.69, 9.17) is 11.6 Å². The van der Waals surface area contributed by atoms with Crippen molar-refractivity contribution in [2.45, 2.75) is 19.8 Å². The molecule has 0 N–H and O–H groups in total. The fraction of sp³-hybridized carbons (Fsp3) is 0.556. The van der Waals surface area contributed by atoms with Crippen LogP contribution in [0.3, 0.4) is 0 Å². The first-order valence-corrected chi connectivity index (χ1v) is 6.43. The van der Waals surface area contributed by atoms with Crippen LogP contribution in [-0.2, 0) is 6.42 Å². The molecule has 0 aliphatic carbocycles. The van der Waals surface area contributed by atoms with E-state index in [9.17, 15) is 0 Å². The maximum Gasteiger partial charge on any atom is 0.0931 e. The van der Waals surface area contributed by atoms with Crippen molar-refractivity contribution in [3.8, 4) is 0 Å². The Kier molecular flexibility index (Phi) is 4.62. The van der Waals surface area contributed by atoms with E-state index < -0.39 is 0 Å². The van der Waals surface area contributed by atoms with Crippen molar-refractivity contribution in [2.24, 2.45) is 5.92 Å². The van der Waals surface area contributed by atoms with Crippen molar-refractivity contribution in [2.75, 3.05) is 5.33 Å². The molecule has 12 heavy (non-hydrogen) atoms. The van der Waals surface area contributed by atoms with E-state index in [0.29, 0.717) is 0 Å². The molecule has 1 aromatic rings. The van der Waals surface area contributed by atoms with Gasteiger partial charge in [-0.25, -0.2) is 0 Å². The molecule has 0 aromatic carbocycles. The number of hydrogen-bond acceptors (Lipinski definition) is 1. The second-order valence-electron chi connectivity index (χ2n) is 2.89. The van der Waals surface area contributed by atoms with E-state index >= 15 is 0 Å². The Labute approximate surface area is 91.1 Å². The molecule has 0 radical (unpaired) electrons. The van der Waals surface area contributed by atoms with Crippen LogP contribution in [0.5, 0.6) is 0 Å². The van der Waals surface area contributed by atoms with Gasteiger partial charge in [-0.15, -0.1) is 11.3 Å². The SMILES string of the molecule is CCC(CBr)Cc1csc(Cl)c1. The Morgan fingerprint density at radius 2 is 2.42 bits per heavy atom. The van der Waals surface area contributed by atoms with E-state index in [1.54, 1.807) is 11.3 Å². The second-order valence-corrected chi connectivity index (χ2v) is 5.08. The van der Waals surface area contributed by atoms with Gasteiger partial charge in [0.15, 0.2) is 0 Å². The zero-order chi connectivity index (χ0) is 8.97. The molecule has 0 bridgehead atoms. The van der Waals surface area contributed by atoms with Crippen molar-refractivity contribution in [1.82, 2.24) is 0 Å². The predicted octanol–water partition coefficient (Wildman–Crippen LogP) is 4.37. The molecular weight excluding hydrogens is 256 g/mol. The molecule has 1 aromatic heterocycles. The normalized spacial score (nSPS) is 13.2. The van der Waals surface area contributed by atoms with Gasteiger partial charge in [-0.2, -0.15) is 0 Å². The molecule has 68 valence electrons. The van der Waals surface area contributed by atoms with Crippen LogP contribution < -0.4 is 0 Å². The van der Waals surface area contributed by atoms with Gasteiger partial charge in [0.05, 0.1) is 4.34 Å². The Morgan fingerprint density at radius 1 is 1.67 bits per heavy atom. The van der Waals surface area contributed by atoms with Crippen molar-refractivity contribution < 1.29 is 0 Å².